The third-order valence-corrected chi connectivity index (χ3v) is 2.76. The lowest BCUT2D eigenvalue weighted by atomic mass is 10.2. The molecule has 18 heavy (non-hydrogen) atoms. The normalized spacial score (nSPS) is 19.2. The molecule has 102 valence electrons. The van der Waals surface area contributed by atoms with E-state index in [0.29, 0.717) is 13.0 Å². The van der Waals surface area contributed by atoms with Crippen LogP contribution in [0, 0.1) is 11.3 Å². The topological polar surface area (TPSA) is 68.5 Å². The molecule has 1 heterocycles. The number of hydrogen-bond acceptors (Lipinski definition) is 5. The molecule has 0 N–H and O–H groups in total. The van der Waals surface area contributed by atoms with E-state index in [9.17, 15) is 4.79 Å². The molecule has 0 aliphatic carbocycles. The zero-order valence-corrected chi connectivity index (χ0v) is 10.7. The molecule has 0 spiro atoms. The Morgan fingerprint density at radius 3 is 2.94 bits per heavy atom. The van der Waals surface area contributed by atoms with Gasteiger partial charge >= 0.3 is 5.97 Å². The number of carbonyl (C=O) groups is 1. The number of ether oxygens (including phenoxy) is 3. The fraction of sp³-hybridized carbons (Fsp3) is 0.846. The number of rotatable bonds is 8. The van der Waals surface area contributed by atoms with Crippen molar-refractivity contribution >= 4 is 5.97 Å². The van der Waals surface area contributed by atoms with E-state index in [2.05, 4.69) is 4.74 Å². The molecule has 5 nitrogen and oxygen atoms in total. The minimum Gasteiger partial charge on any atom is -0.450 e. The van der Waals surface area contributed by atoms with Crippen molar-refractivity contribution in [3.63, 3.8) is 0 Å². The minimum absolute atomic E-state index is 0.0284. The van der Waals surface area contributed by atoms with Gasteiger partial charge in [-0.25, -0.2) is 0 Å². The second-order valence-corrected chi connectivity index (χ2v) is 4.30. The predicted octanol–water partition coefficient (Wildman–Crippen LogP) is 2.16. The Morgan fingerprint density at radius 2 is 2.22 bits per heavy atom. The Kier molecular flexibility index (Phi) is 8.19. The zero-order valence-electron chi connectivity index (χ0n) is 10.7. The molecule has 0 aromatic rings. The van der Waals surface area contributed by atoms with Crippen molar-refractivity contribution in [1.82, 2.24) is 0 Å². The van der Waals surface area contributed by atoms with Gasteiger partial charge in [0, 0.05) is 19.6 Å². The van der Waals surface area contributed by atoms with Crippen molar-refractivity contribution in [1.29, 1.82) is 5.26 Å². The Balaban J connectivity index is 1.86. The summed E-state index contributed by atoms with van der Waals surface area (Å²) in [6.07, 6.45) is 6.26. The molecule has 0 saturated carbocycles. The van der Waals surface area contributed by atoms with E-state index in [4.69, 9.17) is 14.7 Å². The van der Waals surface area contributed by atoms with Crippen molar-refractivity contribution in [3.05, 3.63) is 0 Å². The maximum Gasteiger partial charge on any atom is 0.306 e. The third kappa shape index (κ3) is 7.25. The van der Waals surface area contributed by atoms with Crippen LogP contribution in [-0.2, 0) is 19.0 Å². The van der Waals surface area contributed by atoms with Gasteiger partial charge < -0.3 is 14.2 Å². The number of nitriles is 1. The average Bonchev–Trinajstić information content (AvgIpc) is 2.41. The summed E-state index contributed by atoms with van der Waals surface area (Å²) < 4.78 is 15.7. The first-order valence-corrected chi connectivity index (χ1v) is 6.58. The molecule has 0 radical (unpaired) electrons. The van der Waals surface area contributed by atoms with Crippen LogP contribution in [0.2, 0.25) is 0 Å². The van der Waals surface area contributed by atoms with Crippen LogP contribution in [-0.4, -0.2) is 32.1 Å². The molecule has 0 bridgehead atoms. The first-order valence-electron chi connectivity index (χ1n) is 6.58. The van der Waals surface area contributed by atoms with E-state index in [0.717, 1.165) is 38.7 Å². The molecule has 5 heteroatoms. The second kappa shape index (κ2) is 9.86. The fourth-order valence-electron chi connectivity index (χ4n) is 1.79. The lowest BCUT2D eigenvalue weighted by Gasteiger charge is -2.22. The summed E-state index contributed by atoms with van der Waals surface area (Å²) in [4.78, 5) is 11.1. The van der Waals surface area contributed by atoms with Gasteiger partial charge in [-0.2, -0.15) is 5.26 Å². The number of esters is 1. The van der Waals surface area contributed by atoms with Gasteiger partial charge in [0.05, 0.1) is 0 Å². The molecule has 1 fully saturated rings. The van der Waals surface area contributed by atoms with Gasteiger partial charge in [0.15, 0.2) is 12.9 Å². The van der Waals surface area contributed by atoms with Gasteiger partial charge in [-0.3, -0.25) is 4.79 Å². The minimum atomic E-state index is -0.298. The van der Waals surface area contributed by atoms with Gasteiger partial charge in [0.2, 0.25) is 0 Å². The summed E-state index contributed by atoms with van der Waals surface area (Å²) >= 11 is 0. The highest BCUT2D eigenvalue weighted by atomic mass is 16.7. The molecule has 1 aliphatic heterocycles. The number of unbranched alkanes of at least 4 members (excludes halogenated alkanes) is 2. The van der Waals surface area contributed by atoms with Gasteiger partial charge in [0.1, 0.15) is 6.07 Å². The van der Waals surface area contributed by atoms with E-state index < -0.39 is 0 Å². The monoisotopic (exact) mass is 255 g/mol. The second-order valence-electron chi connectivity index (χ2n) is 4.30. The highest BCUT2D eigenvalue weighted by Gasteiger charge is 2.13. The van der Waals surface area contributed by atoms with E-state index in [-0.39, 0.29) is 18.9 Å². The van der Waals surface area contributed by atoms with E-state index in [1.54, 1.807) is 6.07 Å². The molecule has 1 atom stereocenters. The summed E-state index contributed by atoms with van der Waals surface area (Å²) in [6.45, 7) is 1.33. The highest BCUT2D eigenvalue weighted by molar-refractivity contribution is 5.69. The van der Waals surface area contributed by atoms with Crippen LogP contribution < -0.4 is 0 Å². The summed E-state index contributed by atoms with van der Waals surface area (Å²) in [5, 5.41) is 8.22. The summed E-state index contributed by atoms with van der Waals surface area (Å²) in [6, 6.07) is 1.77. The molecule has 1 unspecified atom stereocenters. The van der Waals surface area contributed by atoms with Gasteiger partial charge in [-0.1, -0.05) is 6.42 Å². The number of nitrogens with zero attached hydrogens (tertiary/aromatic N) is 1. The Labute approximate surface area is 108 Å². The molecule has 0 amide bonds. The van der Waals surface area contributed by atoms with Crippen molar-refractivity contribution in [2.24, 2.45) is 0 Å². The van der Waals surface area contributed by atoms with Crippen LogP contribution in [0.5, 0.6) is 0 Å². The van der Waals surface area contributed by atoms with Crippen LogP contribution in [0.15, 0.2) is 0 Å². The quantitative estimate of drug-likeness (QED) is 0.491. The SMILES string of the molecule is N#CCOC(=O)CCCCCOC1CCCCO1. The summed E-state index contributed by atoms with van der Waals surface area (Å²) in [7, 11) is 0. The Hall–Kier alpha value is -1.12. The lowest BCUT2D eigenvalue weighted by Crippen LogP contribution is -2.22. The molecule has 1 aliphatic rings. The standard InChI is InChI=1S/C13H21NO4/c14-8-11-16-12(15)6-2-1-4-9-17-13-7-3-5-10-18-13/h13H,1-7,9-11H2. The summed E-state index contributed by atoms with van der Waals surface area (Å²) in [5.74, 6) is -0.298. The Morgan fingerprint density at radius 1 is 1.33 bits per heavy atom. The maximum absolute atomic E-state index is 11.1. The third-order valence-electron chi connectivity index (χ3n) is 2.76. The van der Waals surface area contributed by atoms with Crippen molar-refractivity contribution in [2.45, 2.75) is 51.2 Å². The largest absolute Gasteiger partial charge is 0.450 e. The number of hydrogen-bond donors (Lipinski definition) is 0. The molecule has 0 aromatic carbocycles. The van der Waals surface area contributed by atoms with Crippen molar-refractivity contribution < 1.29 is 19.0 Å². The van der Waals surface area contributed by atoms with Gasteiger partial charge in [-0.15, -0.1) is 0 Å². The van der Waals surface area contributed by atoms with E-state index in [1.165, 1.54) is 6.42 Å². The smallest absolute Gasteiger partial charge is 0.306 e. The fourth-order valence-corrected chi connectivity index (χ4v) is 1.79. The van der Waals surface area contributed by atoms with Gasteiger partial charge in [0.25, 0.3) is 0 Å². The van der Waals surface area contributed by atoms with Crippen molar-refractivity contribution in [3.8, 4) is 6.07 Å². The average molecular weight is 255 g/mol. The molecular weight excluding hydrogens is 234 g/mol. The van der Waals surface area contributed by atoms with Crippen molar-refractivity contribution in [2.75, 3.05) is 19.8 Å². The van der Waals surface area contributed by atoms with E-state index >= 15 is 0 Å². The lowest BCUT2D eigenvalue weighted by molar-refractivity contribution is -0.163. The zero-order chi connectivity index (χ0) is 13.1. The van der Waals surface area contributed by atoms with Crippen LogP contribution in [0.25, 0.3) is 0 Å². The van der Waals surface area contributed by atoms with E-state index in [1.807, 2.05) is 0 Å². The van der Waals surface area contributed by atoms with Crippen LogP contribution in [0.3, 0.4) is 0 Å². The van der Waals surface area contributed by atoms with Crippen LogP contribution in [0.4, 0.5) is 0 Å². The Bertz CT molecular complexity index is 269. The number of carbonyl (C=O) groups excluding carboxylic acids is 1. The molecule has 1 rings (SSSR count). The van der Waals surface area contributed by atoms with Crippen LogP contribution in [0.1, 0.15) is 44.9 Å². The van der Waals surface area contributed by atoms with Gasteiger partial charge in [-0.05, 0) is 32.1 Å². The first-order chi connectivity index (χ1) is 8.83. The first kappa shape index (κ1) is 14.9. The molecule has 0 aromatic heterocycles. The maximum atomic E-state index is 11.1. The molecule has 1 saturated heterocycles. The predicted molar refractivity (Wildman–Crippen MR) is 64.6 cm³/mol. The summed E-state index contributed by atoms with van der Waals surface area (Å²) in [5.41, 5.74) is 0. The highest BCUT2D eigenvalue weighted by Crippen LogP contribution is 2.14. The van der Waals surface area contributed by atoms with Crippen LogP contribution >= 0.6 is 0 Å². The molecular formula is C13H21NO4.